The normalized spacial score (nSPS) is 15.5. The van der Waals surface area contributed by atoms with Crippen molar-refractivity contribution in [1.29, 1.82) is 0 Å². The van der Waals surface area contributed by atoms with Gasteiger partial charge < -0.3 is 30.3 Å². The third kappa shape index (κ3) is 16.0. The van der Waals surface area contributed by atoms with Gasteiger partial charge in [-0.1, -0.05) is 39.8 Å². The van der Waals surface area contributed by atoms with Crippen molar-refractivity contribution in [2.75, 3.05) is 54.1 Å². The lowest BCUT2D eigenvalue weighted by Crippen LogP contribution is -2.29. The molecule has 1 saturated heterocycles. The van der Waals surface area contributed by atoms with Gasteiger partial charge in [-0.2, -0.15) is 0 Å². The lowest BCUT2D eigenvalue weighted by atomic mass is 9.95. The first-order valence-electron chi connectivity index (χ1n) is 10.5. The molecule has 0 radical (unpaired) electrons. The van der Waals surface area contributed by atoms with Gasteiger partial charge in [-0.15, -0.1) is 0 Å². The highest BCUT2D eigenvalue weighted by atomic mass is 16.5. The number of hydrogen-bond donors (Lipinski definition) is 4. The van der Waals surface area contributed by atoms with Crippen molar-refractivity contribution >= 4 is 0 Å². The smallest absolute Gasteiger partial charge is 0.136 e. The van der Waals surface area contributed by atoms with Gasteiger partial charge in [-0.25, -0.2) is 0 Å². The SMILES string of the molecule is CC.CCc1cc(CNC)no1.CNCC(C)(C)CO.CNCC1CCOC1. The molecule has 0 spiro atoms. The number of nitrogens with one attached hydrogen (secondary N) is 3. The van der Waals surface area contributed by atoms with E-state index in [4.69, 9.17) is 14.4 Å². The molecule has 1 atom stereocenters. The third-order valence-corrected chi connectivity index (χ3v) is 3.91. The maximum Gasteiger partial charge on any atom is 0.136 e. The summed E-state index contributed by atoms with van der Waals surface area (Å²) in [6.07, 6.45) is 2.15. The average Bonchev–Trinajstić information content (AvgIpc) is 3.37. The number of aliphatic hydroxyl groups excluding tert-OH is 1. The van der Waals surface area contributed by atoms with Gasteiger partial charge in [0.15, 0.2) is 0 Å². The third-order valence-electron chi connectivity index (χ3n) is 3.91. The number of nitrogens with zero attached hydrogens (tertiary/aromatic N) is 1. The topological polar surface area (TPSA) is 91.6 Å². The molecule has 168 valence electrons. The molecule has 0 amide bonds. The van der Waals surface area contributed by atoms with E-state index in [1.54, 1.807) is 0 Å². The Hall–Kier alpha value is -0.990. The predicted octanol–water partition coefficient (Wildman–Crippen LogP) is 2.45. The highest BCUT2D eigenvalue weighted by molar-refractivity contribution is 5.04. The van der Waals surface area contributed by atoms with E-state index in [0.717, 1.165) is 56.6 Å². The summed E-state index contributed by atoms with van der Waals surface area (Å²) in [4.78, 5) is 0. The van der Waals surface area contributed by atoms with Crippen LogP contribution in [0.4, 0.5) is 0 Å². The Morgan fingerprint density at radius 2 is 1.86 bits per heavy atom. The van der Waals surface area contributed by atoms with Crippen LogP contribution in [0.5, 0.6) is 0 Å². The molecule has 2 rings (SSSR count). The van der Waals surface area contributed by atoms with Crippen LogP contribution in [-0.2, 0) is 17.7 Å². The summed E-state index contributed by atoms with van der Waals surface area (Å²) in [7, 11) is 5.76. The van der Waals surface area contributed by atoms with Gasteiger partial charge in [0.2, 0.25) is 0 Å². The summed E-state index contributed by atoms with van der Waals surface area (Å²) in [5.41, 5.74) is 1.01. The van der Waals surface area contributed by atoms with Gasteiger partial charge in [-0.3, -0.25) is 0 Å². The molecule has 1 aliphatic heterocycles. The Kier molecular flexibility index (Phi) is 20.2. The van der Waals surface area contributed by atoms with E-state index in [9.17, 15) is 0 Å². The monoisotopic (exact) mass is 402 g/mol. The minimum absolute atomic E-state index is 0.0365. The molecule has 1 aromatic heterocycles. The van der Waals surface area contributed by atoms with Gasteiger partial charge >= 0.3 is 0 Å². The standard InChI is InChI=1S/C7H12N2O.C6H13NO.C6H15NO.C2H6/c1-3-7-4-6(5-8-2)9-10-7;1-7-4-6-2-3-8-5-6;1-6(2,5-8)4-7-3;1-2/h4,8H,3,5H2,1-2H3;6-7H,2-5H2,1H3;7-8H,4-5H2,1-3H3;1-2H3. The van der Waals surface area contributed by atoms with Crippen molar-refractivity contribution in [3.8, 4) is 0 Å². The fourth-order valence-electron chi connectivity index (χ4n) is 2.35. The molecule has 1 aromatic rings. The molecular formula is C21H46N4O3. The predicted molar refractivity (Wildman–Crippen MR) is 118 cm³/mol. The summed E-state index contributed by atoms with van der Waals surface area (Å²) in [6, 6.07) is 1.97. The molecule has 0 aromatic carbocycles. The quantitative estimate of drug-likeness (QED) is 0.531. The highest BCUT2D eigenvalue weighted by Crippen LogP contribution is 2.10. The zero-order valence-electron chi connectivity index (χ0n) is 19.5. The van der Waals surface area contributed by atoms with Gasteiger partial charge in [0.25, 0.3) is 0 Å². The molecule has 1 fully saturated rings. The maximum atomic E-state index is 8.69. The zero-order valence-corrected chi connectivity index (χ0v) is 19.5. The Bertz CT molecular complexity index is 433. The largest absolute Gasteiger partial charge is 0.396 e. The van der Waals surface area contributed by atoms with Crippen LogP contribution in [-0.4, -0.2) is 64.3 Å². The molecule has 2 heterocycles. The number of ether oxygens (including phenoxy) is 1. The van der Waals surface area contributed by atoms with E-state index >= 15 is 0 Å². The molecule has 7 nitrogen and oxygen atoms in total. The van der Waals surface area contributed by atoms with Gasteiger partial charge in [0.1, 0.15) is 5.76 Å². The second-order valence-electron chi connectivity index (χ2n) is 7.31. The average molecular weight is 403 g/mol. The zero-order chi connectivity index (χ0) is 21.8. The van der Waals surface area contributed by atoms with Crippen molar-refractivity contribution in [1.82, 2.24) is 21.1 Å². The van der Waals surface area contributed by atoms with Crippen LogP contribution in [0.3, 0.4) is 0 Å². The van der Waals surface area contributed by atoms with Gasteiger partial charge in [-0.05, 0) is 40.0 Å². The number of aryl methyl sites for hydroxylation is 1. The van der Waals surface area contributed by atoms with Crippen molar-refractivity contribution in [2.24, 2.45) is 11.3 Å². The van der Waals surface area contributed by atoms with Gasteiger partial charge in [0.05, 0.1) is 12.3 Å². The lowest BCUT2D eigenvalue weighted by molar-refractivity contribution is 0.159. The van der Waals surface area contributed by atoms with E-state index < -0.39 is 0 Å². The summed E-state index contributed by atoms with van der Waals surface area (Å²) >= 11 is 0. The second kappa shape index (κ2) is 19.3. The molecule has 1 unspecified atom stereocenters. The highest BCUT2D eigenvalue weighted by Gasteiger charge is 2.14. The van der Waals surface area contributed by atoms with E-state index in [1.807, 2.05) is 61.8 Å². The van der Waals surface area contributed by atoms with E-state index in [2.05, 4.69) is 21.1 Å². The molecule has 7 heteroatoms. The van der Waals surface area contributed by atoms with E-state index in [0.29, 0.717) is 0 Å². The lowest BCUT2D eigenvalue weighted by Gasteiger charge is -2.19. The van der Waals surface area contributed by atoms with Crippen molar-refractivity contribution in [2.45, 2.75) is 54.0 Å². The van der Waals surface area contributed by atoms with Crippen LogP contribution in [0.25, 0.3) is 0 Å². The fraction of sp³-hybridized carbons (Fsp3) is 0.857. The summed E-state index contributed by atoms with van der Waals surface area (Å²) in [6.45, 7) is 15.0. The fourth-order valence-corrected chi connectivity index (χ4v) is 2.35. The Morgan fingerprint density at radius 1 is 1.18 bits per heavy atom. The molecular weight excluding hydrogens is 356 g/mol. The van der Waals surface area contributed by atoms with Crippen LogP contribution in [0.2, 0.25) is 0 Å². The van der Waals surface area contributed by atoms with E-state index in [-0.39, 0.29) is 12.0 Å². The molecule has 0 saturated carbocycles. The van der Waals surface area contributed by atoms with Crippen LogP contribution in [0, 0.1) is 11.3 Å². The van der Waals surface area contributed by atoms with E-state index in [1.165, 1.54) is 6.42 Å². The first kappa shape index (κ1) is 29.2. The number of aliphatic hydroxyl groups is 1. The van der Waals surface area contributed by atoms with Crippen LogP contribution in [0.1, 0.15) is 52.5 Å². The Labute approximate surface area is 173 Å². The first-order valence-corrected chi connectivity index (χ1v) is 10.5. The summed E-state index contributed by atoms with van der Waals surface area (Å²) in [5, 5.41) is 21.7. The molecule has 0 bridgehead atoms. The Balaban J connectivity index is 0. The van der Waals surface area contributed by atoms with Gasteiger partial charge in [0, 0.05) is 44.2 Å². The Morgan fingerprint density at radius 3 is 2.21 bits per heavy atom. The molecule has 28 heavy (non-hydrogen) atoms. The second-order valence-corrected chi connectivity index (χ2v) is 7.31. The molecule has 4 N–H and O–H groups in total. The summed E-state index contributed by atoms with van der Waals surface area (Å²) < 4.78 is 10.1. The maximum absolute atomic E-state index is 8.69. The number of rotatable bonds is 8. The number of aromatic nitrogens is 1. The summed E-state index contributed by atoms with van der Waals surface area (Å²) in [5.74, 6) is 1.73. The van der Waals surface area contributed by atoms with Crippen molar-refractivity contribution in [3.63, 3.8) is 0 Å². The molecule has 1 aliphatic rings. The minimum atomic E-state index is 0.0365. The van der Waals surface area contributed by atoms with Crippen LogP contribution < -0.4 is 16.0 Å². The van der Waals surface area contributed by atoms with Crippen molar-refractivity contribution in [3.05, 3.63) is 17.5 Å². The van der Waals surface area contributed by atoms with Crippen LogP contribution >= 0.6 is 0 Å². The van der Waals surface area contributed by atoms with Crippen LogP contribution in [0.15, 0.2) is 10.6 Å². The minimum Gasteiger partial charge on any atom is -0.396 e. The number of hydrogen-bond acceptors (Lipinski definition) is 7. The first-order chi connectivity index (χ1) is 13.4. The molecule has 0 aliphatic carbocycles. The van der Waals surface area contributed by atoms with Crippen molar-refractivity contribution < 1.29 is 14.4 Å².